The Kier molecular flexibility index (Phi) is 5.09. The molecule has 26 heavy (non-hydrogen) atoms. The molecule has 2 aromatic carbocycles. The summed E-state index contributed by atoms with van der Waals surface area (Å²) < 4.78 is 5.49. The first-order chi connectivity index (χ1) is 12.8. The van der Waals surface area contributed by atoms with E-state index < -0.39 is 0 Å². The second kappa shape index (κ2) is 7.64. The molecule has 2 aliphatic heterocycles. The first-order valence-corrected chi connectivity index (χ1v) is 9.59. The maximum Gasteiger partial charge on any atom is 0.237 e. The minimum absolute atomic E-state index is 0.0401. The maximum absolute atomic E-state index is 12.2. The lowest BCUT2D eigenvalue weighted by atomic mass is 9.76. The standard InChI is InChI=1S/C21H27N3O2/c25-20-19(21(15-24-20)9-13-26-14-10-21)23-12-4-11-22-18-8-3-6-16-5-1-2-7-17(16)18/h1-3,5-8,19,22-23H,4,9-15H2,(H,24,25). The normalized spacial score (nSPS) is 21.8. The van der Waals surface area contributed by atoms with Crippen LogP contribution in [0.1, 0.15) is 19.3 Å². The van der Waals surface area contributed by atoms with E-state index in [1.807, 2.05) is 0 Å². The van der Waals surface area contributed by atoms with Crippen LogP contribution in [0.5, 0.6) is 0 Å². The van der Waals surface area contributed by atoms with Gasteiger partial charge in [-0.3, -0.25) is 4.79 Å². The zero-order valence-electron chi connectivity index (χ0n) is 15.1. The number of carbonyl (C=O) groups is 1. The van der Waals surface area contributed by atoms with Crippen LogP contribution in [-0.4, -0.2) is 44.8 Å². The quantitative estimate of drug-likeness (QED) is 0.699. The molecule has 0 radical (unpaired) electrons. The number of rotatable bonds is 6. The van der Waals surface area contributed by atoms with Crippen molar-refractivity contribution in [3.05, 3.63) is 42.5 Å². The number of fused-ring (bicyclic) bond motifs is 1. The van der Waals surface area contributed by atoms with E-state index in [1.165, 1.54) is 16.5 Å². The number of benzene rings is 2. The lowest BCUT2D eigenvalue weighted by molar-refractivity contribution is -0.122. The number of carbonyl (C=O) groups excluding carboxylic acids is 1. The summed E-state index contributed by atoms with van der Waals surface area (Å²) in [6, 6.07) is 14.7. The van der Waals surface area contributed by atoms with Crippen molar-refractivity contribution in [1.82, 2.24) is 10.6 Å². The highest BCUT2D eigenvalue weighted by Crippen LogP contribution is 2.37. The molecule has 1 unspecified atom stereocenters. The van der Waals surface area contributed by atoms with Gasteiger partial charge in [0.2, 0.25) is 5.91 Å². The molecule has 2 heterocycles. The number of hydrogen-bond acceptors (Lipinski definition) is 4. The average molecular weight is 353 g/mol. The van der Waals surface area contributed by atoms with Gasteiger partial charge in [-0.2, -0.15) is 0 Å². The van der Waals surface area contributed by atoms with Crippen molar-refractivity contribution in [3.63, 3.8) is 0 Å². The predicted octanol–water partition coefficient (Wildman–Crippen LogP) is 2.53. The average Bonchev–Trinajstić information content (AvgIpc) is 2.98. The molecule has 2 saturated heterocycles. The molecule has 1 amide bonds. The van der Waals surface area contributed by atoms with E-state index in [0.717, 1.165) is 52.1 Å². The van der Waals surface area contributed by atoms with Gasteiger partial charge in [0, 0.05) is 42.8 Å². The summed E-state index contributed by atoms with van der Waals surface area (Å²) >= 11 is 0. The summed E-state index contributed by atoms with van der Waals surface area (Å²) in [5, 5.41) is 12.6. The maximum atomic E-state index is 12.2. The fourth-order valence-corrected chi connectivity index (χ4v) is 4.24. The Morgan fingerprint density at radius 1 is 1.08 bits per heavy atom. The zero-order chi connectivity index (χ0) is 17.8. The van der Waals surface area contributed by atoms with Crippen molar-refractivity contribution >= 4 is 22.4 Å². The summed E-state index contributed by atoms with van der Waals surface area (Å²) in [6.07, 6.45) is 2.88. The molecule has 2 aromatic rings. The van der Waals surface area contributed by atoms with E-state index in [9.17, 15) is 4.79 Å². The van der Waals surface area contributed by atoms with Crippen LogP contribution in [0.3, 0.4) is 0 Å². The molecule has 5 nitrogen and oxygen atoms in total. The van der Waals surface area contributed by atoms with Crippen LogP contribution in [0.2, 0.25) is 0 Å². The molecular formula is C21H27N3O2. The molecule has 0 bridgehead atoms. The minimum Gasteiger partial charge on any atom is -0.384 e. The molecule has 1 atom stereocenters. The predicted molar refractivity (Wildman–Crippen MR) is 104 cm³/mol. The van der Waals surface area contributed by atoms with Crippen LogP contribution in [-0.2, 0) is 9.53 Å². The Hall–Kier alpha value is -2.11. The van der Waals surface area contributed by atoms with Gasteiger partial charge in [0.05, 0.1) is 6.04 Å². The second-order valence-corrected chi connectivity index (χ2v) is 7.39. The zero-order valence-corrected chi connectivity index (χ0v) is 15.1. The number of ether oxygens (including phenoxy) is 1. The van der Waals surface area contributed by atoms with Crippen molar-refractivity contribution < 1.29 is 9.53 Å². The SMILES string of the molecule is O=C1NCC2(CCOCC2)C1NCCCNc1cccc2ccccc12. The van der Waals surface area contributed by atoms with Gasteiger partial charge in [-0.1, -0.05) is 36.4 Å². The van der Waals surface area contributed by atoms with Crippen LogP contribution in [0.15, 0.2) is 42.5 Å². The largest absolute Gasteiger partial charge is 0.384 e. The van der Waals surface area contributed by atoms with Crippen molar-refractivity contribution in [2.45, 2.75) is 25.3 Å². The topological polar surface area (TPSA) is 62.4 Å². The van der Waals surface area contributed by atoms with E-state index in [4.69, 9.17) is 4.74 Å². The third kappa shape index (κ3) is 3.41. The smallest absolute Gasteiger partial charge is 0.237 e. The van der Waals surface area contributed by atoms with Gasteiger partial charge in [0.15, 0.2) is 0 Å². The Morgan fingerprint density at radius 3 is 2.77 bits per heavy atom. The van der Waals surface area contributed by atoms with E-state index in [1.54, 1.807) is 0 Å². The minimum atomic E-state index is -0.0797. The van der Waals surface area contributed by atoms with Crippen molar-refractivity contribution in [2.24, 2.45) is 5.41 Å². The molecule has 1 spiro atoms. The number of amides is 1. The fourth-order valence-electron chi connectivity index (χ4n) is 4.24. The van der Waals surface area contributed by atoms with Gasteiger partial charge >= 0.3 is 0 Å². The molecule has 5 heteroatoms. The van der Waals surface area contributed by atoms with Crippen molar-refractivity contribution in [3.8, 4) is 0 Å². The van der Waals surface area contributed by atoms with E-state index in [-0.39, 0.29) is 17.4 Å². The molecule has 2 aliphatic rings. The van der Waals surface area contributed by atoms with Crippen molar-refractivity contribution in [2.75, 3.05) is 38.2 Å². The van der Waals surface area contributed by atoms with Gasteiger partial charge in [0.1, 0.15) is 0 Å². The summed E-state index contributed by atoms with van der Waals surface area (Å²) in [7, 11) is 0. The van der Waals surface area contributed by atoms with Gasteiger partial charge in [-0.25, -0.2) is 0 Å². The van der Waals surface area contributed by atoms with E-state index in [2.05, 4.69) is 58.4 Å². The molecule has 0 aliphatic carbocycles. The second-order valence-electron chi connectivity index (χ2n) is 7.39. The highest BCUT2D eigenvalue weighted by Gasteiger charge is 2.48. The fraction of sp³-hybridized carbons (Fsp3) is 0.476. The van der Waals surface area contributed by atoms with Crippen molar-refractivity contribution in [1.29, 1.82) is 0 Å². The third-order valence-corrected chi connectivity index (χ3v) is 5.78. The number of hydrogen-bond donors (Lipinski definition) is 3. The summed E-state index contributed by atoms with van der Waals surface area (Å²) in [6.45, 7) is 4.01. The third-order valence-electron chi connectivity index (χ3n) is 5.78. The van der Waals surface area contributed by atoms with Crippen LogP contribution >= 0.6 is 0 Å². The number of anilines is 1. The Balaban J connectivity index is 1.29. The molecular weight excluding hydrogens is 326 g/mol. The van der Waals surface area contributed by atoms with E-state index >= 15 is 0 Å². The van der Waals surface area contributed by atoms with Gasteiger partial charge in [0.25, 0.3) is 0 Å². The molecule has 3 N–H and O–H groups in total. The van der Waals surface area contributed by atoms with Crippen LogP contribution < -0.4 is 16.0 Å². The molecule has 0 saturated carbocycles. The Bertz CT molecular complexity index is 765. The van der Waals surface area contributed by atoms with Gasteiger partial charge in [-0.15, -0.1) is 0 Å². The van der Waals surface area contributed by atoms with Crippen LogP contribution in [0.4, 0.5) is 5.69 Å². The molecule has 2 fully saturated rings. The summed E-state index contributed by atoms with van der Waals surface area (Å²) in [4.78, 5) is 12.2. The highest BCUT2D eigenvalue weighted by molar-refractivity contribution is 5.93. The van der Waals surface area contributed by atoms with Crippen LogP contribution in [0, 0.1) is 5.41 Å². The van der Waals surface area contributed by atoms with E-state index in [0.29, 0.717) is 0 Å². The first-order valence-electron chi connectivity index (χ1n) is 9.59. The van der Waals surface area contributed by atoms with Gasteiger partial charge in [-0.05, 0) is 37.3 Å². The Labute approximate surface area is 154 Å². The Morgan fingerprint density at radius 2 is 1.88 bits per heavy atom. The highest BCUT2D eigenvalue weighted by atomic mass is 16.5. The van der Waals surface area contributed by atoms with Crippen LogP contribution in [0.25, 0.3) is 10.8 Å². The summed E-state index contributed by atoms with van der Waals surface area (Å²) in [5.41, 5.74) is 1.21. The molecule has 138 valence electrons. The lowest BCUT2D eigenvalue weighted by Gasteiger charge is -2.36. The van der Waals surface area contributed by atoms with Gasteiger partial charge < -0.3 is 20.7 Å². The monoisotopic (exact) mass is 353 g/mol. The molecule has 0 aromatic heterocycles. The summed E-state index contributed by atoms with van der Waals surface area (Å²) in [5.74, 6) is 0.147. The molecule has 4 rings (SSSR count). The lowest BCUT2D eigenvalue weighted by Crippen LogP contribution is -2.49. The number of nitrogens with one attached hydrogen (secondary N) is 3. The first kappa shape index (κ1) is 17.3.